The molecule has 2 amide bonds. The number of carbonyl (C=O) groups is 3. The monoisotopic (exact) mass is 316 g/mol. The summed E-state index contributed by atoms with van der Waals surface area (Å²) in [4.78, 5) is 34.6. The van der Waals surface area contributed by atoms with E-state index in [1.807, 2.05) is 0 Å². The highest BCUT2D eigenvalue weighted by Crippen LogP contribution is 2.15. The van der Waals surface area contributed by atoms with Gasteiger partial charge in [-0.2, -0.15) is 0 Å². The van der Waals surface area contributed by atoms with E-state index in [1.165, 1.54) is 19.3 Å². The molecule has 1 heterocycles. The van der Waals surface area contributed by atoms with Crippen LogP contribution in [0.3, 0.4) is 0 Å². The predicted molar refractivity (Wildman–Crippen MR) is 83.1 cm³/mol. The molecule has 0 saturated carbocycles. The number of benzene rings is 1. The van der Waals surface area contributed by atoms with Gasteiger partial charge < -0.3 is 19.8 Å². The van der Waals surface area contributed by atoms with Gasteiger partial charge in [-0.1, -0.05) is 6.07 Å². The number of ether oxygens (including phenoxy) is 1. The van der Waals surface area contributed by atoms with Crippen LogP contribution in [0.2, 0.25) is 0 Å². The Morgan fingerprint density at radius 2 is 1.83 bits per heavy atom. The minimum absolute atomic E-state index is 0.210. The van der Waals surface area contributed by atoms with E-state index in [1.54, 1.807) is 31.2 Å². The summed E-state index contributed by atoms with van der Waals surface area (Å²) in [6, 6.07) is 8.11. The molecular formula is C16H16N2O5. The lowest BCUT2D eigenvalue weighted by Gasteiger charge is -2.08. The molecule has 7 heteroatoms. The number of amides is 2. The van der Waals surface area contributed by atoms with Crippen molar-refractivity contribution in [3.05, 3.63) is 47.9 Å². The zero-order valence-corrected chi connectivity index (χ0v) is 12.7. The van der Waals surface area contributed by atoms with Crippen LogP contribution in [0.4, 0.5) is 11.4 Å². The van der Waals surface area contributed by atoms with Gasteiger partial charge >= 0.3 is 5.97 Å². The number of furan rings is 1. The molecule has 23 heavy (non-hydrogen) atoms. The Kier molecular flexibility index (Phi) is 5.14. The molecule has 0 saturated heterocycles. The van der Waals surface area contributed by atoms with Gasteiger partial charge in [0, 0.05) is 18.3 Å². The van der Waals surface area contributed by atoms with Crippen LogP contribution < -0.4 is 10.6 Å². The third-order valence-electron chi connectivity index (χ3n) is 2.88. The number of hydrogen-bond donors (Lipinski definition) is 2. The Bertz CT molecular complexity index is 736. The van der Waals surface area contributed by atoms with Crippen LogP contribution in [0.25, 0.3) is 0 Å². The molecule has 0 fully saturated rings. The van der Waals surface area contributed by atoms with Gasteiger partial charge in [-0.3, -0.25) is 9.59 Å². The van der Waals surface area contributed by atoms with Crippen LogP contribution >= 0.6 is 0 Å². The number of hydrogen-bond acceptors (Lipinski definition) is 5. The van der Waals surface area contributed by atoms with Crippen LogP contribution in [0.5, 0.6) is 0 Å². The lowest BCUT2D eigenvalue weighted by Crippen LogP contribution is -2.21. The standard InChI is InChI=1S/C16H16N2O5/c1-10-14(6-7-22-10)16(21)23-9-15(20)18-13-5-3-4-12(8-13)17-11(2)19/h3-8H,9H2,1-2H3,(H,17,19)(H,18,20). The summed E-state index contributed by atoms with van der Waals surface area (Å²) < 4.78 is 9.91. The maximum absolute atomic E-state index is 11.8. The van der Waals surface area contributed by atoms with Crippen molar-refractivity contribution < 1.29 is 23.5 Å². The highest BCUT2D eigenvalue weighted by atomic mass is 16.5. The largest absolute Gasteiger partial charge is 0.469 e. The first-order chi connectivity index (χ1) is 11.0. The van der Waals surface area contributed by atoms with E-state index in [2.05, 4.69) is 10.6 Å². The molecule has 0 radical (unpaired) electrons. The molecule has 0 unspecified atom stereocenters. The van der Waals surface area contributed by atoms with Crippen molar-refractivity contribution in [2.45, 2.75) is 13.8 Å². The predicted octanol–water partition coefficient (Wildman–Crippen LogP) is 2.34. The second-order valence-electron chi connectivity index (χ2n) is 4.78. The molecule has 1 aromatic heterocycles. The summed E-state index contributed by atoms with van der Waals surface area (Å²) in [6.07, 6.45) is 1.37. The summed E-state index contributed by atoms with van der Waals surface area (Å²) in [7, 11) is 0. The normalized spacial score (nSPS) is 10.0. The lowest BCUT2D eigenvalue weighted by atomic mass is 10.2. The lowest BCUT2D eigenvalue weighted by molar-refractivity contribution is -0.119. The number of nitrogens with one attached hydrogen (secondary N) is 2. The van der Waals surface area contributed by atoms with E-state index in [9.17, 15) is 14.4 Å². The maximum Gasteiger partial charge on any atom is 0.342 e. The van der Waals surface area contributed by atoms with Gasteiger partial charge in [0.2, 0.25) is 5.91 Å². The van der Waals surface area contributed by atoms with Crippen LogP contribution in [0.15, 0.2) is 41.0 Å². The number of rotatable bonds is 5. The van der Waals surface area contributed by atoms with Gasteiger partial charge in [-0.25, -0.2) is 4.79 Å². The van der Waals surface area contributed by atoms with Gasteiger partial charge in [0.15, 0.2) is 6.61 Å². The molecule has 0 spiro atoms. The fourth-order valence-corrected chi connectivity index (χ4v) is 1.88. The second-order valence-corrected chi connectivity index (χ2v) is 4.78. The smallest absolute Gasteiger partial charge is 0.342 e. The van der Waals surface area contributed by atoms with Crippen molar-refractivity contribution in [2.24, 2.45) is 0 Å². The Hall–Kier alpha value is -3.09. The van der Waals surface area contributed by atoms with E-state index in [4.69, 9.17) is 9.15 Å². The Balaban J connectivity index is 1.89. The first kappa shape index (κ1) is 16.3. The zero-order chi connectivity index (χ0) is 16.8. The van der Waals surface area contributed by atoms with Crippen molar-refractivity contribution in [1.29, 1.82) is 0 Å². The Labute approximate surface area is 132 Å². The van der Waals surface area contributed by atoms with Crippen LogP contribution in [-0.2, 0) is 14.3 Å². The fraction of sp³-hybridized carbons (Fsp3) is 0.188. The van der Waals surface area contributed by atoms with E-state index >= 15 is 0 Å². The summed E-state index contributed by atoms with van der Waals surface area (Å²) in [5, 5.41) is 5.19. The maximum atomic E-state index is 11.8. The SMILES string of the molecule is CC(=O)Nc1cccc(NC(=O)COC(=O)c2ccoc2C)c1. The Morgan fingerprint density at radius 1 is 1.13 bits per heavy atom. The molecule has 0 atom stereocenters. The topological polar surface area (TPSA) is 97.6 Å². The molecule has 2 rings (SSSR count). The highest BCUT2D eigenvalue weighted by molar-refractivity contribution is 5.96. The van der Waals surface area contributed by atoms with Crippen LogP contribution in [0, 0.1) is 6.92 Å². The fourth-order valence-electron chi connectivity index (χ4n) is 1.88. The second kappa shape index (κ2) is 7.26. The van der Waals surface area contributed by atoms with Gasteiger partial charge in [0.1, 0.15) is 11.3 Å². The van der Waals surface area contributed by atoms with Gasteiger partial charge in [-0.15, -0.1) is 0 Å². The number of aryl methyl sites for hydroxylation is 1. The summed E-state index contributed by atoms with van der Waals surface area (Å²) in [6.45, 7) is 2.60. The first-order valence-corrected chi connectivity index (χ1v) is 6.84. The molecule has 0 aliphatic rings. The van der Waals surface area contributed by atoms with Crippen LogP contribution in [0.1, 0.15) is 23.0 Å². The van der Waals surface area contributed by atoms with Crippen molar-refractivity contribution in [2.75, 3.05) is 17.2 Å². The van der Waals surface area contributed by atoms with E-state index in [0.717, 1.165) is 0 Å². The molecule has 1 aromatic carbocycles. The van der Waals surface area contributed by atoms with Crippen molar-refractivity contribution in [3.8, 4) is 0 Å². The average molecular weight is 316 g/mol. The molecule has 0 bridgehead atoms. The van der Waals surface area contributed by atoms with Crippen molar-refractivity contribution >= 4 is 29.2 Å². The minimum atomic E-state index is -0.626. The van der Waals surface area contributed by atoms with Gasteiger partial charge in [-0.05, 0) is 31.2 Å². The number of anilines is 2. The summed E-state index contributed by atoms with van der Waals surface area (Å²) >= 11 is 0. The van der Waals surface area contributed by atoms with Crippen LogP contribution in [-0.4, -0.2) is 24.4 Å². The molecule has 0 aliphatic heterocycles. The van der Waals surface area contributed by atoms with E-state index in [0.29, 0.717) is 17.1 Å². The zero-order valence-electron chi connectivity index (χ0n) is 12.7. The molecule has 7 nitrogen and oxygen atoms in total. The molecule has 120 valence electrons. The summed E-state index contributed by atoms with van der Waals surface area (Å²) in [5.74, 6) is -0.894. The highest BCUT2D eigenvalue weighted by Gasteiger charge is 2.14. The first-order valence-electron chi connectivity index (χ1n) is 6.84. The van der Waals surface area contributed by atoms with Crippen molar-refractivity contribution in [1.82, 2.24) is 0 Å². The average Bonchev–Trinajstić information content (AvgIpc) is 2.90. The molecular weight excluding hydrogens is 300 g/mol. The molecule has 0 aliphatic carbocycles. The van der Waals surface area contributed by atoms with E-state index < -0.39 is 18.5 Å². The van der Waals surface area contributed by atoms with E-state index in [-0.39, 0.29) is 11.5 Å². The quantitative estimate of drug-likeness (QED) is 0.825. The molecule has 2 N–H and O–H groups in total. The summed E-state index contributed by atoms with van der Waals surface area (Å²) in [5.41, 5.74) is 1.32. The Morgan fingerprint density at radius 3 is 2.43 bits per heavy atom. The van der Waals surface area contributed by atoms with Gasteiger partial charge in [0.05, 0.1) is 6.26 Å². The third-order valence-corrected chi connectivity index (χ3v) is 2.88. The number of carbonyl (C=O) groups excluding carboxylic acids is 3. The number of esters is 1. The van der Waals surface area contributed by atoms with Gasteiger partial charge in [0.25, 0.3) is 5.91 Å². The minimum Gasteiger partial charge on any atom is -0.469 e. The molecule has 2 aromatic rings. The third kappa shape index (κ3) is 4.70. The van der Waals surface area contributed by atoms with Crippen molar-refractivity contribution in [3.63, 3.8) is 0 Å².